The number of rotatable bonds is 6. The lowest BCUT2D eigenvalue weighted by molar-refractivity contribution is -0.123. The Morgan fingerprint density at radius 3 is 2.59 bits per heavy atom. The Kier molecular flexibility index (Phi) is 7.16. The van der Waals surface area contributed by atoms with Crippen LogP contribution in [0.25, 0.3) is 0 Å². The smallest absolute Gasteiger partial charge is 0.409 e. The number of likely N-dealkylation sites (tertiary alicyclic amines) is 1. The highest BCUT2D eigenvalue weighted by Gasteiger charge is 2.28. The number of carbonyl (C=O) groups is 2. The molecule has 6 nitrogen and oxygen atoms in total. The Morgan fingerprint density at radius 1 is 1.24 bits per heavy atom. The molecule has 0 radical (unpaired) electrons. The van der Waals surface area contributed by atoms with Crippen LogP contribution in [0.3, 0.4) is 0 Å². The van der Waals surface area contributed by atoms with Crippen molar-refractivity contribution in [2.45, 2.75) is 38.1 Å². The Balaban J connectivity index is 1.65. The van der Waals surface area contributed by atoms with Crippen LogP contribution in [-0.2, 0) is 16.0 Å². The third-order valence-electron chi connectivity index (χ3n) is 5.12. The summed E-state index contributed by atoms with van der Waals surface area (Å²) in [6.45, 7) is 3.23. The summed E-state index contributed by atoms with van der Waals surface area (Å²) in [5.74, 6) is -0.876. The van der Waals surface area contributed by atoms with E-state index in [1.165, 1.54) is 12.1 Å². The van der Waals surface area contributed by atoms with Gasteiger partial charge in [-0.2, -0.15) is 0 Å². The number of aromatic nitrogens is 1. The maximum Gasteiger partial charge on any atom is 0.409 e. The Labute approximate surface area is 170 Å². The molecule has 2 aromatic rings. The van der Waals surface area contributed by atoms with E-state index in [0.29, 0.717) is 39.0 Å². The van der Waals surface area contributed by atoms with Crippen LogP contribution in [0, 0.1) is 5.82 Å². The van der Waals surface area contributed by atoms with Gasteiger partial charge in [0.1, 0.15) is 5.82 Å². The fourth-order valence-corrected chi connectivity index (χ4v) is 3.53. The molecule has 1 aromatic carbocycles. The van der Waals surface area contributed by atoms with Crippen LogP contribution < -0.4 is 5.32 Å². The molecule has 1 aromatic heterocycles. The summed E-state index contributed by atoms with van der Waals surface area (Å²) in [7, 11) is 0. The average Bonchev–Trinajstić information content (AvgIpc) is 2.74. The summed E-state index contributed by atoms with van der Waals surface area (Å²) in [6.07, 6.45) is 4.95. The van der Waals surface area contributed by atoms with E-state index in [1.54, 1.807) is 36.4 Å². The van der Waals surface area contributed by atoms with Crippen LogP contribution in [0.1, 0.15) is 36.8 Å². The summed E-state index contributed by atoms with van der Waals surface area (Å²) in [5, 5.41) is 3.11. The Hall–Kier alpha value is -2.96. The van der Waals surface area contributed by atoms with Crippen LogP contribution >= 0.6 is 0 Å². The molecule has 1 fully saturated rings. The van der Waals surface area contributed by atoms with Crippen LogP contribution in [0.5, 0.6) is 0 Å². The standard InChI is InChI=1S/C22H26FN3O3/c1-2-29-22(28)26-12-9-19(10-13-26)25-21(27)20(14-16-4-3-11-24-15-16)17-5-7-18(23)8-6-17/h3-8,11,15,19-20H,2,9-10,12-14H2,1H3,(H,25,27). The van der Waals surface area contributed by atoms with E-state index in [4.69, 9.17) is 4.74 Å². The van der Waals surface area contributed by atoms with Gasteiger partial charge in [0.15, 0.2) is 0 Å². The largest absolute Gasteiger partial charge is 0.450 e. The molecule has 2 amide bonds. The van der Waals surface area contributed by atoms with E-state index in [1.807, 2.05) is 12.1 Å². The highest BCUT2D eigenvalue weighted by atomic mass is 19.1. The zero-order chi connectivity index (χ0) is 20.6. The number of nitrogens with one attached hydrogen (secondary N) is 1. The summed E-state index contributed by atoms with van der Waals surface area (Å²) in [6, 6.07) is 9.80. The third kappa shape index (κ3) is 5.76. The van der Waals surface area contributed by atoms with Gasteiger partial charge in [-0.25, -0.2) is 9.18 Å². The van der Waals surface area contributed by atoms with E-state index in [2.05, 4.69) is 10.3 Å². The van der Waals surface area contributed by atoms with Gasteiger partial charge in [0.2, 0.25) is 5.91 Å². The molecule has 3 rings (SSSR count). The molecule has 0 saturated carbocycles. The number of hydrogen-bond donors (Lipinski definition) is 1. The molecule has 1 unspecified atom stereocenters. The molecule has 0 bridgehead atoms. The van der Waals surface area contributed by atoms with Crippen molar-refractivity contribution in [3.8, 4) is 0 Å². The van der Waals surface area contributed by atoms with Crippen molar-refractivity contribution < 1.29 is 18.7 Å². The normalized spacial score (nSPS) is 15.6. The van der Waals surface area contributed by atoms with Crippen LogP contribution in [0.15, 0.2) is 48.8 Å². The predicted molar refractivity (Wildman–Crippen MR) is 107 cm³/mol. The van der Waals surface area contributed by atoms with E-state index >= 15 is 0 Å². The first-order valence-electron chi connectivity index (χ1n) is 9.93. The van der Waals surface area contributed by atoms with Gasteiger partial charge in [-0.3, -0.25) is 9.78 Å². The number of pyridine rings is 1. The highest BCUT2D eigenvalue weighted by molar-refractivity contribution is 5.84. The molecule has 1 aliphatic rings. The summed E-state index contributed by atoms with van der Waals surface area (Å²) >= 11 is 0. The lowest BCUT2D eigenvalue weighted by Crippen LogP contribution is -2.47. The number of halogens is 1. The number of nitrogens with zero attached hydrogens (tertiary/aromatic N) is 2. The molecule has 7 heteroatoms. The van der Waals surface area contributed by atoms with Crippen molar-refractivity contribution in [1.82, 2.24) is 15.2 Å². The lowest BCUT2D eigenvalue weighted by Gasteiger charge is -2.32. The minimum atomic E-state index is -0.442. The van der Waals surface area contributed by atoms with Gasteiger partial charge in [0.25, 0.3) is 0 Å². The van der Waals surface area contributed by atoms with Gasteiger partial charge >= 0.3 is 6.09 Å². The molecule has 0 aliphatic carbocycles. The SMILES string of the molecule is CCOC(=O)N1CCC(NC(=O)C(Cc2cccnc2)c2ccc(F)cc2)CC1. The second-order valence-corrected chi connectivity index (χ2v) is 7.14. The van der Waals surface area contributed by atoms with Gasteiger partial charge < -0.3 is 15.0 Å². The number of ether oxygens (including phenoxy) is 1. The van der Waals surface area contributed by atoms with Crippen molar-refractivity contribution in [3.05, 3.63) is 65.7 Å². The van der Waals surface area contributed by atoms with Crippen LogP contribution in [0.2, 0.25) is 0 Å². The molecule has 2 heterocycles. The molecule has 1 saturated heterocycles. The summed E-state index contributed by atoms with van der Waals surface area (Å²) in [5.41, 5.74) is 1.70. The van der Waals surface area contributed by atoms with E-state index < -0.39 is 5.92 Å². The first-order valence-corrected chi connectivity index (χ1v) is 9.93. The number of benzene rings is 1. The first-order chi connectivity index (χ1) is 14.1. The Morgan fingerprint density at radius 2 is 1.97 bits per heavy atom. The van der Waals surface area contributed by atoms with Crippen LogP contribution in [-0.4, -0.2) is 47.6 Å². The first kappa shape index (κ1) is 20.8. The maximum atomic E-state index is 13.4. The van der Waals surface area contributed by atoms with Crippen molar-refractivity contribution in [2.75, 3.05) is 19.7 Å². The topological polar surface area (TPSA) is 71.5 Å². The van der Waals surface area contributed by atoms with Gasteiger partial charge in [0, 0.05) is 31.5 Å². The molecular formula is C22H26FN3O3. The second kappa shape index (κ2) is 10.0. The predicted octanol–water partition coefficient (Wildman–Crippen LogP) is 3.28. The number of piperidine rings is 1. The van der Waals surface area contributed by atoms with Crippen molar-refractivity contribution >= 4 is 12.0 Å². The molecule has 154 valence electrons. The maximum absolute atomic E-state index is 13.4. The summed E-state index contributed by atoms with van der Waals surface area (Å²) in [4.78, 5) is 30.7. The van der Waals surface area contributed by atoms with Gasteiger partial charge in [-0.05, 0) is 55.5 Å². The minimum Gasteiger partial charge on any atom is -0.450 e. The molecular weight excluding hydrogens is 373 g/mol. The molecule has 1 N–H and O–H groups in total. The quantitative estimate of drug-likeness (QED) is 0.809. The van der Waals surface area contributed by atoms with Crippen molar-refractivity contribution in [3.63, 3.8) is 0 Å². The zero-order valence-electron chi connectivity index (χ0n) is 16.5. The lowest BCUT2D eigenvalue weighted by atomic mass is 9.91. The monoisotopic (exact) mass is 399 g/mol. The molecule has 0 spiro atoms. The van der Waals surface area contributed by atoms with Gasteiger partial charge in [-0.1, -0.05) is 18.2 Å². The van der Waals surface area contributed by atoms with Gasteiger partial charge in [0.05, 0.1) is 12.5 Å². The summed E-state index contributed by atoms with van der Waals surface area (Å²) < 4.78 is 18.4. The average molecular weight is 399 g/mol. The van der Waals surface area contributed by atoms with Gasteiger partial charge in [-0.15, -0.1) is 0 Å². The number of carbonyl (C=O) groups excluding carboxylic acids is 2. The van der Waals surface area contributed by atoms with Crippen molar-refractivity contribution in [1.29, 1.82) is 0 Å². The van der Waals surface area contributed by atoms with E-state index in [9.17, 15) is 14.0 Å². The fraction of sp³-hybridized carbons (Fsp3) is 0.409. The zero-order valence-corrected chi connectivity index (χ0v) is 16.5. The minimum absolute atomic E-state index is 0.00924. The second-order valence-electron chi connectivity index (χ2n) is 7.14. The fourth-order valence-electron chi connectivity index (χ4n) is 3.53. The molecule has 29 heavy (non-hydrogen) atoms. The third-order valence-corrected chi connectivity index (χ3v) is 5.12. The number of hydrogen-bond acceptors (Lipinski definition) is 4. The molecule has 1 atom stereocenters. The molecule has 1 aliphatic heterocycles. The van der Waals surface area contributed by atoms with E-state index in [-0.39, 0.29) is 23.9 Å². The Bertz CT molecular complexity index is 806. The van der Waals surface area contributed by atoms with Crippen molar-refractivity contribution in [2.24, 2.45) is 0 Å². The number of amides is 2. The van der Waals surface area contributed by atoms with Crippen LogP contribution in [0.4, 0.5) is 9.18 Å². The van der Waals surface area contributed by atoms with E-state index in [0.717, 1.165) is 11.1 Å². The highest BCUT2D eigenvalue weighted by Crippen LogP contribution is 2.23.